The monoisotopic (exact) mass is 310 g/mol. The number of hydrogen-bond donors (Lipinski definition) is 1. The SMILES string of the molecule is CCn1nc(C)c(Cl)c1CC(O)c1ccccc1SC. The molecule has 3 nitrogen and oxygen atoms in total. The number of halogens is 1. The van der Waals surface area contributed by atoms with Crippen LogP contribution in [0.15, 0.2) is 29.2 Å². The molecule has 20 heavy (non-hydrogen) atoms. The number of nitrogens with zero attached hydrogens (tertiary/aromatic N) is 2. The zero-order valence-electron chi connectivity index (χ0n) is 11.9. The van der Waals surface area contributed by atoms with E-state index in [1.165, 1.54) is 0 Å². The van der Waals surface area contributed by atoms with Gasteiger partial charge in [0.05, 0.1) is 22.5 Å². The number of hydrogen-bond acceptors (Lipinski definition) is 3. The number of benzene rings is 1. The van der Waals surface area contributed by atoms with Crippen LogP contribution in [0.5, 0.6) is 0 Å². The third-order valence-electron chi connectivity index (χ3n) is 3.34. The van der Waals surface area contributed by atoms with Crippen molar-refractivity contribution in [1.29, 1.82) is 0 Å². The Balaban J connectivity index is 2.30. The second-order valence-electron chi connectivity index (χ2n) is 4.62. The number of aliphatic hydroxyl groups is 1. The van der Waals surface area contributed by atoms with E-state index in [0.717, 1.165) is 28.4 Å². The largest absolute Gasteiger partial charge is 0.388 e. The van der Waals surface area contributed by atoms with Gasteiger partial charge in [0.15, 0.2) is 0 Å². The number of thioether (sulfide) groups is 1. The van der Waals surface area contributed by atoms with Crippen molar-refractivity contribution >= 4 is 23.4 Å². The van der Waals surface area contributed by atoms with Crippen LogP contribution in [0.1, 0.15) is 30.0 Å². The van der Waals surface area contributed by atoms with Crippen molar-refractivity contribution in [3.05, 3.63) is 46.2 Å². The molecule has 5 heteroatoms. The molecule has 108 valence electrons. The number of aromatic nitrogens is 2. The average Bonchev–Trinajstić information content (AvgIpc) is 2.74. The standard InChI is InChI=1S/C15H19ClN2OS/c1-4-18-12(15(16)10(2)17-18)9-13(19)11-7-5-6-8-14(11)20-3/h5-8,13,19H,4,9H2,1-3H3. The summed E-state index contributed by atoms with van der Waals surface area (Å²) in [7, 11) is 0. The highest BCUT2D eigenvalue weighted by atomic mass is 35.5. The van der Waals surface area contributed by atoms with Crippen LogP contribution in [-0.2, 0) is 13.0 Å². The molecule has 0 bridgehead atoms. The Bertz CT molecular complexity index is 598. The highest BCUT2D eigenvalue weighted by Gasteiger charge is 2.19. The summed E-state index contributed by atoms with van der Waals surface area (Å²) in [4.78, 5) is 1.09. The van der Waals surface area contributed by atoms with Crippen molar-refractivity contribution in [3.8, 4) is 0 Å². The predicted molar refractivity (Wildman–Crippen MR) is 84.5 cm³/mol. The maximum absolute atomic E-state index is 10.5. The van der Waals surface area contributed by atoms with Gasteiger partial charge in [-0.3, -0.25) is 4.68 Å². The van der Waals surface area contributed by atoms with E-state index in [9.17, 15) is 5.11 Å². The van der Waals surface area contributed by atoms with Gasteiger partial charge in [0.2, 0.25) is 0 Å². The van der Waals surface area contributed by atoms with Crippen molar-refractivity contribution in [3.63, 3.8) is 0 Å². The van der Waals surface area contributed by atoms with Gasteiger partial charge in [-0.1, -0.05) is 29.8 Å². The Kier molecular flexibility index (Phi) is 5.13. The van der Waals surface area contributed by atoms with Gasteiger partial charge in [0.1, 0.15) is 0 Å². The molecule has 0 aliphatic carbocycles. The highest BCUT2D eigenvalue weighted by Crippen LogP contribution is 2.30. The minimum Gasteiger partial charge on any atom is -0.388 e. The molecule has 0 saturated heterocycles. The second-order valence-corrected chi connectivity index (χ2v) is 5.85. The molecule has 0 aliphatic heterocycles. The molecule has 0 aliphatic rings. The van der Waals surface area contributed by atoms with Crippen LogP contribution in [0.25, 0.3) is 0 Å². The van der Waals surface area contributed by atoms with E-state index >= 15 is 0 Å². The minimum absolute atomic E-state index is 0.477. The zero-order chi connectivity index (χ0) is 14.7. The lowest BCUT2D eigenvalue weighted by atomic mass is 10.0. The molecule has 0 radical (unpaired) electrons. The number of aliphatic hydroxyl groups excluding tert-OH is 1. The van der Waals surface area contributed by atoms with E-state index in [-0.39, 0.29) is 0 Å². The molecule has 1 heterocycles. The summed E-state index contributed by atoms with van der Waals surface area (Å²) in [5, 5.41) is 15.6. The van der Waals surface area contributed by atoms with E-state index in [0.29, 0.717) is 11.4 Å². The lowest BCUT2D eigenvalue weighted by Gasteiger charge is -2.15. The van der Waals surface area contributed by atoms with Crippen molar-refractivity contribution < 1.29 is 5.11 Å². The van der Waals surface area contributed by atoms with Gasteiger partial charge in [-0.2, -0.15) is 5.10 Å². The Morgan fingerprint density at radius 1 is 1.40 bits per heavy atom. The summed E-state index contributed by atoms with van der Waals surface area (Å²) >= 11 is 7.94. The lowest BCUT2D eigenvalue weighted by molar-refractivity contribution is 0.172. The Morgan fingerprint density at radius 2 is 2.10 bits per heavy atom. The van der Waals surface area contributed by atoms with Gasteiger partial charge < -0.3 is 5.11 Å². The summed E-state index contributed by atoms with van der Waals surface area (Å²) in [6.07, 6.45) is 1.92. The molecule has 1 aromatic heterocycles. The van der Waals surface area contributed by atoms with Crippen molar-refractivity contribution in [2.45, 2.75) is 37.8 Å². The fraction of sp³-hybridized carbons (Fsp3) is 0.400. The van der Waals surface area contributed by atoms with E-state index in [1.54, 1.807) is 11.8 Å². The molecule has 0 fully saturated rings. The van der Waals surface area contributed by atoms with E-state index < -0.39 is 6.10 Å². The minimum atomic E-state index is -0.572. The molecule has 1 atom stereocenters. The fourth-order valence-corrected chi connectivity index (χ4v) is 3.17. The molecule has 0 spiro atoms. The normalized spacial score (nSPS) is 12.7. The van der Waals surface area contributed by atoms with E-state index in [2.05, 4.69) is 5.10 Å². The van der Waals surface area contributed by atoms with Gasteiger partial charge in [-0.25, -0.2) is 0 Å². The van der Waals surface area contributed by atoms with Crippen molar-refractivity contribution in [1.82, 2.24) is 9.78 Å². The van der Waals surface area contributed by atoms with Crippen LogP contribution in [-0.4, -0.2) is 21.1 Å². The average molecular weight is 311 g/mol. The van der Waals surface area contributed by atoms with Crippen LogP contribution in [0.3, 0.4) is 0 Å². The molecule has 1 aromatic carbocycles. The molecule has 0 saturated carbocycles. The van der Waals surface area contributed by atoms with E-state index in [1.807, 2.05) is 49.1 Å². The van der Waals surface area contributed by atoms with E-state index in [4.69, 9.17) is 11.6 Å². The number of aryl methyl sites for hydroxylation is 2. The first-order valence-corrected chi connectivity index (χ1v) is 8.21. The van der Waals surface area contributed by atoms with Crippen LogP contribution in [0.2, 0.25) is 5.02 Å². The molecular formula is C15H19ClN2OS. The molecule has 0 amide bonds. The first-order chi connectivity index (χ1) is 9.58. The summed E-state index contributed by atoms with van der Waals surface area (Å²) in [6.45, 7) is 4.66. The molecule has 2 aromatic rings. The van der Waals surface area contributed by atoms with Crippen molar-refractivity contribution in [2.24, 2.45) is 0 Å². The predicted octanol–water partition coefficient (Wildman–Crippen LogP) is 3.86. The van der Waals surface area contributed by atoms with Gasteiger partial charge in [0, 0.05) is 17.9 Å². The van der Waals surface area contributed by atoms with Crippen LogP contribution >= 0.6 is 23.4 Å². The summed E-state index contributed by atoms with van der Waals surface area (Å²) in [5.74, 6) is 0. The zero-order valence-corrected chi connectivity index (χ0v) is 13.5. The van der Waals surface area contributed by atoms with Gasteiger partial charge in [0.25, 0.3) is 0 Å². The maximum atomic E-state index is 10.5. The van der Waals surface area contributed by atoms with Gasteiger partial charge in [-0.05, 0) is 31.7 Å². The molecule has 2 rings (SSSR count). The maximum Gasteiger partial charge on any atom is 0.0856 e. The molecule has 1 unspecified atom stereocenters. The summed E-state index contributed by atoms with van der Waals surface area (Å²) in [6, 6.07) is 7.91. The third-order valence-corrected chi connectivity index (χ3v) is 4.64. The van der Waals surface area contributed by atoms with Crippen LogP contribution < -0.4 is 0 Å². The smallest absolute Gasteiger partial charge is 0.0856 e. The summed E-state index contributed by atoms with van der Waals surface area (Å²) < 4.78 is 1.86. The quantitative estimate of drug-likeness (QED) is 0.852. The van der Waals surface area contributed by atoms with Gasteiger partial charge >= 0.3 is 0 Å². The lowest BCUT2D eigenvalue weighted by Crippen LogP contribution is -2.09. The fourth-order valence-electron chi connectivity index (χ4n) is 2.30. The summed E-state index contributed by atoms with van der Waals surface area (Å²) in [5.41, 5.74) is 2.65. The Morgan fingerprint density at radius 3 is 2.75 bits per heavy atom. The highest BCUT2D eigenvalue weighted by molar-refractivity contribution is 7.98. The third kappa shape index (κ3) is 3.03. The van der Waals surface area contributed by atoms with Crippen LogP contribution in [0.4, 0.5) is 0 Å². The molecule has 1 N–H and O–H groups in total. The first-order valence-electron chi connectivity index (χ1n) is 6.61. The van der Waals surface area contributed by atoms with Gasteiger partial charge in [-0.15, -0.1) is 11.8 Å². The second kappa shape index (κ2) is 6.66. The first kappa shape index (κ1) is 15.4. The van der Waals surface area contributed by atoms with Crippen LogP contribution in [0, 0.1) is 6.92 Å². The Labute approximate surface area is 129 Å². The topological polar surface area (TPSA) is 38.0 Å². The molecular weight excluding hydrogens is 292 g/mol. The Hall–Kier alpha value is -0.970. The number of rotatable bonds is 5. The van der Waals surface area contributed by atoms with Crippen molar-refractivity contribution in [2.75, 3.05) is 6.26 Å².